The molecule has 5 heteroatoms. The van der Waals surface area contributed by atoms with Gasteiger partial charge in [-0.05, 0) is 104 Å². The van der Waals surface area contributed by atoms with Crippen LogP contribution in [0.1, 0.15) is 50.5 Å². The molecular weight excluding hydrogens is 452 g/mol. The maximum absolute atomic E-state index is 9.10. The van der Waals surface area contributed by atoms with Gasteiger partial charge in [0, 0.05) is 36.0 Å². The van der Waals surface area contributed by atoms with Crippen LogP contribution in [0.15, 0.2) is 66.9 Å². The summed E-state index contributed by atoms with van der Waals surface area (Å²) >= 11 is 6.07. The molecular formula is C30H33ClN4. The number of halogens is 1. The Morgan fingerprint density at radius 2 is 1.74 bits per heavy atom. The zero-order valence-electron chi connectivity index (χ0n) is 20.2. The minimum atomic E-state index is 0.474. The predicted molar refractivity (Wildman–Crippen MR) is 145 cm³/mol. The third-order valence-electron chi connectivity index (χ3n) is 7.70. The third kappa shape index (κ3) is 5.97. The van der Waals surface area contributed by atoms with Crippen LogP contribution >= 0.6 is 11.6 Å². The third-order valence-corrected chi connectivity index (χ3v) is 7.95. The molecule has 35 heavy (non-hydrogen) atoms. The van der Waals surface area contributed by atoms with Crippen molar-refractivity contribution in [3.05, 3.63) is 77.4 Å². The van der Waals surface area contributed by atoms with E-state index < -0.39 is 0 Å². The van der Waals surface area contributed by atoms with Gasteiger partial charge < -0.3 is 10.2 Å². The normalized spacial score (nSPS) is 22.4. The maximum Gasteiger partial charge on any atom is 0.126 e. The molecule has 5 rings (SSSR count). The van der Waals surface area contributed by atoms with Crippen molar-refractivity contribution in [2.45, 2.75) is 51.0 Å². The molecule has 0 spiro atoms. The summed E-state index contributed by atoms with van der Waals surface area (Å²) in [5.41, 5.74) is 4.30. The van der Waals surface area contributed by atoms with Gasteiger partial charge in [0.2, 0.25) is 0 Å². The van der Waals surface area contributed by atoms with Crippen molar-refractivity contribution < 1.29 is 0 Å². The smallest absolute Gasteiger partial charge is 0.126 e. The molecule has 2 fully saturated rings. The van der Waals surface area contributed by atoms with E-state index in [9.17, 15) is 0 Å². The van der Waals surface area contributed by atoms with Crippen LogP contribution in [0.5, 0.6) is 0 Å². The lowest BCUT2D eigenvalue weighted by Crippen LogP contribution is -2.39. The molecule has 4 nitrogen and oxygen atoms in total. The van der Waals surface area contributed by atoms with Crippen molar-refractivity contribution >= 4 is 23.1 Å². The lowest BCUT2D eigenvalue weighted by atomic mass is 9.77. The van der Waals surface area contributed by atoms with Gasteiger partial charge in [-0.15, -0.1) is 0 Å². The van der Waals surface area contributed by atoms with Crippen LogP contribution in [0.3, 0.4) is 0 Å². The number of nitriles is 1. The number of hydrogen-bond acceptors (Lipinski definition) is 4. The van der Waals surface area contributed by atoms with Gasteiger partial charge in [0.25, 0.3) is 0 Å². The number of piperidine rings is 1. The lowest BCUT2D eigenvalue weighted by Gasteiger charge is -2.39. The van der Waals surface area contributed by atoms with Crippen LogP contribution in [0, 0.1) is 23.2 Å². The molecule has 1 aromatic heterocycles. The molecule has 1 N–H and O–H groups in total. The van der Waals surface area contributed by atoms with E-state index >= 15 is 0 Å². The van der Waals surface area contributed by atoms with Crippen LogP contribution in [0.2, 0.25) is 5.02 Å². The summed E-state index contributed by atoms with van der Waals surface area (Å²) in [7, 11) is 0. The summed E-state index contributed by atoms with van der Waals surface area (Å²) in [5, 5.41) is 13.7. The van der Waals surface area contributed by atoms with Crippen molar-refractivity contribution in [3.8, 4) is 17.2 Å². The summed E-state index contributed by atoms with van der Waals surface area (Å²) in [5.74, 6) is 2.35. The van der Waals surface area contributed by atoms with Crippen LogP contribution in [0.4, 0.5) is 11.5 Å². The number of nitrogens with one attached hydrogen (secondary N) is 1. The second-order valence-corrected chi connectivity index (χ2v) is 10.5. The molecule has 1 saturated heterocycles. The first-order valence-corrected chi connectivity index (χ1v) is 13.3. The van der Waals surface area contributed by atoms with E-state index in [1.807, 2.05) is 30.5 Å². The topological polar surface area (TPSA) is 52.0 Å². The average Bonchev–Trinajstić information content (AvgIpc) is 2.91. The molecule has 0 amide bonds. The standard InChI is InChI=1S/C30H33ClN4/c31-27-11-9-24(10-12-27)25-15-16-33-30(19-25)34-29-6-2-1-5-26(29)18-23-4-3-17-35(21-23)28-13-7-22(20-32)8-14-28/h7-16,19,23,26,29H,1-6,17-18,21H2,(H,33,34)/t23-,26+,29-/m1/s1. The highest BCUT2D eigenvalue weighted by atomic mass is 35.5. The van der Waals surface area contributed by atoms with Crippen molar-refractivity contribution in [1.82, 2.24) is 4.98 Å². The number of rotatable bonds is 6. The Morgan fingerprint density at radius 3 is 2.54 bits per heavy atom. The molecule has 2 aliphatic rings. The Kier molecular flexibility index (Phi) is 7.54. The number of nitrogens with zero attached hydrogens (tertiary/aromatic N) is 3. The molecule has 0 bridgehead atoms. The second-order valence-electron chi connectivity index (χ2n) is 10.1. The molecule has 2 aromatic carbocycles. The van der Waals surface area contributed by atoms with Gasteiger partial charge in [-0.25, -0.2) is 4.98 Å². The van der Waals surface area contributed by atoms with E-state index in [4.69, 9.17) is 16.9 Å². The number of anilines is 2. The molecule has 0 unspecified atom stereocenters. The van der Waals surface area contributed by atoms with Gasteiger partial charge in [-0.2, -0.15) is 5.26 Å². The largest absolute Gasteiger partial charge is 0.371 e. The molecule has 1 aliphatic heterocycles. The fraction of sp³-hybridized carbons (Fsp3) is 0.400. The fourth-order valence-corrected chi connectivity index (χ4v) is 5.99. The van der Waals surface area contributed by atoms with Gasteiger partial charge in [0.1, 0.15) is 5.82 Å². The van der Waals surface area contributed by atoms with Crippen LogP contribution < -0.4 is 10.2 Å². The minimum absolute atomic E-state index is 0.474. The Balaban J connectivity index is 1.24. The highest BCUT2D eigenvalue weighted by Gasteiger charge is 2.30. The average molecular weight is 485 g/mol. The molecule has 180 valence electrons. The zero-order chi connectivity index (χ0) is 24.0. The first kappa shape index (κ1) is 23.7. The molecule has 1 aliphatic carbocycles. The van der Waals surface area contributed by atoms with Crippen LogP contribution in [0.25, 0.3) is 11.1 Å². The van der Waals surface area contributed by atoms with Crippen molar-refractivity contribution in [2.75, 3.05) is 23.3 Å². The van der Waals surface area contributed by atoms with E-state index in [0.717, 1.165) is 40.6 Å². The van der Waals surface area contributed by atoms with Gasteiger partial charge in [0.05, 0.1) is 11.6 Å². The number of aromatic nitrogens is 1. The molecule has 0 radical (unpaired) electrons. The van der Waals surface area contributed by atoms with Gasteiger partial charge in [-0.3, -0.25) is 0 Å². The quantitative estimate of drug-likeness (QED) is 0.392. The van der Waals surface area contributed by atoms with Crippen molar-refractivity contribution in [3.63, 3.8) is 0 Å². The van der Waals surface area contributed by atoms with E-state index in [1.54, 1.807) is 0 Å². The first-order chi connectivity index (χ1) is 17.2. The molecule has 3 atom stereocenters. The summed E-state index contributed by atoms with van der Waals surface area (Å²) in [6, 6.07) is 23.0. The Labute approximate surface area is 214 Å². The van der Waals surface area contributed by atoms with Gasteiger partial charge in [0.15, 0.2) is 0 Å². The summed E-state index contributed by atoms with van der Waals surface area (Å²) in [6.45, 7) is 2.22. The first-order valence-electron chi connectivity index (χ1n) is 12.9. The SMILES string of the molecule is N#Cc1ccc(N2CCC[C@H](C[C@@H]3CCCC[C@H]3Nc3cc(-c4ccc(Cl)cc4)ccn3)C2)cc1. The number of pyridine rings is 1. The Hall–Kier alpha value is -3.03. The Bertz CT molecular complexity index is 1150. The highest BCUT2D eigenvalue weighted by molar-refractivity contribution is 6.30. The molecule has 3 aromatic rings. The summed E-state index contributed by atoms with van der Waals surface area (Å²) < 4.78 is 0. The van der Waals surface area contributed by atoms with E-state index in [0.29, 0.717) is 17.9 Å². The maximum atomic E-state index is 9.10. The van der Waals surface area contributed by atoms with Crippen molar-refractivity contribution in [2.24, 2.45) is 11.8 Å². The second kappa shape index (κ2) is 11.1. The highest BCUT2D eigenvalue weighted by Crippen LogP contribution is 2.35. The summed E-state index contributed by atoms with van der Waals surface area (Å²) in [4.78, 5) is 7.17. The monoisotopic (exact) mass is 484 g/mol. The van der Waals surface area contributed by atoms with Crippen LogP contribution in [-0.4, -0.2) is 24.1 Å². The number of hydrogen-bond donors (Lipinski definition) is 1. The van der Waals surface area contributed by atoms with E-state index in [2.05, 4.69) is 57.7 Å². The predicted octanol–water partition coefficient (Wildman–Crippen LogP) is 7.55. The zero-order valence-corrected chi connectivity index (χ0v) is 20.9. The van der Waals surface area contributed by atoms with E-state index in [-0.39, 0.29) is 0 Å². The lowest BCUT2D eigenvalue weighted by molar-refractivity contribution is 0.247. The Morgan fingerprint density at radius 1 is 0.943 bits per heavy atom. The van der Waals surface area contributed by atoms with Gasteiger partial charge >= 0.3 is 0 Å². The summed E-state index contributed by atoms with van der Waals surface area (Å²) in [6.07, 6.45) is 10.8. The van der Waals surface area contributed by atoms with E-state index in [1.165, 1.54) is 50.6 Å². The van der Waals surface area contributed by atoms with Gasteiger partial charge in [-0.1, -0.05) is 36.6 Å². The minimum Gasteiger partial charge on any atom is -0.371 e. The molecule has 1 saturated carbocycles. The van der Waals surface area contributed by atoms with Crippen LogP contribution in [-0.2, 0) is 0 Å². The number of benzene rings is 2. The fourth-order valence-electron chi connectivity index (χ4n) is 5.87. The van der Waals surface area contributed by atoms with Crippen molar-refractivity contribution in [1.29, 1.82) is 5.26 Å². The molecule has 2 heterocycles.